The number of carbonyl (C=O) groups excluding carboxylic acids is 1. The molecule has 0 aliphatic carbocycles. The topological polar surface area (TPSA) is 17.1 Å². The van der Waals surface area contributed by atoms with Crippen LogP contribution in [-0.2, 0) is 11.2 Å². The first-order chi connectivity index (χ1) is 6.50. The fourth-order valence-electron chi connectivity index (χ4n) is 1.33. The largest absolute Gasteiger partial charge is 0.300 e. The Labute approximate surface area is 93.7 Å². The molecule has 14 heavy (non-hydrogen) atoms. The van der Waals surface area contributed by atoms with Gasteiger partial charge in [-0.25, -0.2) is 0 Å². The van der Waals surface area contributed by atoms with Gasteiger partial charge in [0.05, 0.1) is 0 Å². The summed E-state index contributed by atoms with van der Waals surface area (Å²) in [6.07, 6.45) is 0.834. The summed E-state index contributed by atoms with van der Waals surface area (Å²) in [6, 6.07) is 6.19. The third-order valence-electron chi connectivity index (χ3n) is 2.53. The van der Waals surface area contributed by atoms with Gasteiger partial charge in [0.2, 0.25) is 0 Å². The number of rotatable bonds is 3. The summed E-state index contributed by atoms with van der Waals surface area (Å²) in [5.41, 5.74) is 2.50. The first kappa shape index (κ1) is 11.4. The second-order valence-electron chi connectivity index (χ2n) is 3.79. The minimum atomic E-state index is 0.114. The highest BCUT2D eigenvalue weighted by molar-refractivity contribution is 9.10. The van der Waals surface area contributed by atoms with Crippen molar-refractivity contribution in [3.63, 3.8) is 0 Å². The van der Waals surface area contributed by atoms with Crippen LogP contribution in [0.1, 0.15) is 25.0 Å². The van der Waals surface area contributed by atoms with Crippen LogP contribution in [0, 0.1) is 12.8 Å². The molecule has 0 amide bonds. The molecule has 1 nitrogen and oxygen atoms in total. The molecule has 0 aliphatic rings. The van der Waals surface area contributed by atoms with Crippen LogP contribution in [0.4, 0.5) is 0 Å². The molecule has 0 saturated heterocycles. The zero-order valence-electron chi connectivity index (χ0n) is 8.80. The van der Waals surface area contributed by atoms with Crippen molar-refractivity contribution in [3.8, 4) is 0 Å². The van der Waals surface area contributed by atoms with Gasteiger partial charge in [0.25, 0.3) is 0 Å². The van der Waals surface area contributed by atoms with Crippen LogP contribution in [0.2, 0.25) is 0 Å². The zero-order chi connectivity index (χ0) is 10.7. The maximum atomic E-state index is 11.1. The minimum absolute atomic E-state index is 0.114. The van der Waals surface area contributed by atoms with Crippen LogP contribution in [0.5, 0.6) is 0 Å². The van der Waals surface area contributed by atoms with Crippen LogP contribution < -0.4 is 0 Å². The molecule has 1 rings (SSSR count). The molecule has 0 aliphatic heterocycles. The lowest BCUT2D eigenvalue weighted by Crippen LogP contribution is -2.10. The van der Waals surface area contributed by atoms with Crippen molar-refractivity contribution in [2.24, 2.45) is 5.92 Å². The molecule has 0 heterocycles. The Morgan fingerprint density at radius 1 is 1.50 bits per heavy atom. The molecule has 0 spiro atoms. The van der Waals surface area contributed by atoms with Gasteiger partial charge in [0.1, 0.15) is 5.78 Å². The molecule has 1 unspecified atom stereocenters. The van der Waals surface area contributed by atoms with Gasteiger partial charge in [-0.1, -0.05) is 28.9 Å². The van der Waals surface area contributed by atoms with E-state index in [0.717, 1.165) is 10.9 Å². The quantitative estimate of drug-likeness (QED) is 0.807. The van der Waals surface area contributed by atoms with E-state index < -0.39 is 0 Å². The van der Waals surface area contributed by atoms with Gasteiger partial charge in [0.15, 0.2) is 0 Å². The maximum Gasteiger partial charge on any atom is 0.132 e. The average Bonchev–Trinajstić information content (AvgIpc) is 2.11. The van der Waals surface area contributed by atoms with Crippen molar-refractivity contribution < 1.29 is 4.79 Å². The lowest BCUT2D eigenvalue weighted by atomic mass is 9.95. The van der Waals surface area contributed by atoms with Gasteiger partial charge in [-0.3, -0.25) is 4.79 Å². The third kappa shape index (κ3) is 2.95. The van der Waals surface area contributed by atoms with Gasteiger partial charge in [-0.05, 0) is 43.5 Å². The van der Waals surface area contributed by atoms with E-state index in [1.807, 2.05) is 13.0 Å². The molecular weight excluding hydrogens is 240 g/mol. The van der Waals surface area contributed by atoms with E-state index in [9.17, 15) is 4.79 Å². The van der Waals surface area contributed by atoms with Gasteiger partial charge in [0, 0.05) is 10.4 Å². The first-order valence-corrected chi connectivity index (χ1v) is 5.55. The van der Waals surface area contributed by atoms with Crippen LogP contribution in [0.25, 0.3) is 0 Å². The van der Waals surface area contributed by atoms with Crippen LogP contribution in [0.3, 0.4) is 0 Å². The number of benzene rings is 1. The number of carbonyl (C=O) groups is 1. The number of Topliss-reactive ketones (excluding diaryl/α,β-unsaturated/α-hetero) is 1. The van der Waals surface area contributed by atoms with E-state index >= 15 is 0 Å². The second kappa shape index (κ2) is 4.74. The van der Waals surface area contributed by atoms with Crippen molar-refractivity contribution in [2.45, 2.75) is 27.2 Å². The fourth-order valence-corrected chi connectivity index (χ4v) is 1.74. The first-order valence-electron chi connectivity index (χ1n) is 4.76. The molecule has 0 N–H and O–H groups in total. The molecule has 0 fully saturated rings. The number of hydrogen-bond acceptors (Lipinski definition) is 1. The van der Waals surface area contributed by atoms with Crippen molar-refractivity contribution >= 4 is 21.7 Å². The number of halogens is 1. The fraction of sp³-hybridized carbons (Fsp3) is 0.417. The SMILES string of the molecule is CC(=O)C(C)Cc1cc(Br)ccc1C. The highest BCUT2D eigenvalue weighted by Crippen LogP contribution is 2.19. The Kier molecular flexibility index (Phi) is 3.87. The molecule has 1 atom stereocenters. The van der Waals surface area contributed by atoms with E-state index in [2.05, 4.69) is 35.0 Å². The highest BCUT2D eigenvalue weighted by Gasteiger charge is 2.10. The van der Waals surface area contributed by atoms with Gasteiger partial charge < -0.3 is 0 Å². The van der Waals surface area contributed by atoms with Gasteiger partial charge in [-0.2, -0.15) is 0 Å². The van der Waals surface area contributed by atoms with Gasteiger partial charge >= 0.3 is 0 Å². The Bertz CT molecular complexity index is 344. The molecule has 0 radical (unpaired) electrons. The molecule has 1 aromatic carbocycles. The second-order valence-corrected chi connectivity index (χ2v) is 4.70. The number of hydrogen-bond donors (Lipinski definition) is 0. The van der Waals surface area contributed by atoms with Crippen molar-refractivity contribution in [2.75, 3.05) is 0 Å². The molecule has 0 saturated carbocycles. The molecular formula is C12H15BrO. The van der Waals surface area contributed by atoms with E-state index in [-0.39, 0.29) is 11.7 Å². The summed E-state index contributed by atoms with van der Waals surface area (Å²) in [7, 11) is 0. The summed E-state index contributed by atoms with van der Waals surface area (Å²) in [5.74, 6) is 0.368. The Morgan fingerprint density at radius 2 is 2.14 bits per heavy atom. The van der Waals surface area contributed by atoms with Crippen LogP contribution in [-0.4, -0.2) is 5.78 Å². The molecule has 0 bridgehead atoms. The summed E-state index contributed by atoms with van der Waals surface area (Å²) in [4.78, 5) is 11.1. The van der Waals surface area contributed by atoms with Crippen LogP contribution >= 0.6 is 15.9 Å². The minimum Gasteiger partial charge on any atom is -0.300 e. The number of aryl methyl sites for hydroxylation is 1. The predicted octanol–water partition coefficient (Wildman–Crippen LogP) is 3.53. The lowest BCUT2D eigenvalue weighted by molar-refractivity contribution is -0.120. The summed E-state index contributed by atoms with van der Waals surface area (Å²) in [6.45, 7) is 5.70. The summed E-state index contributed by atoms with van der Waals surface area (Å²) < 4.78 is 1.08. The summed E-state index contributed by atoms with van der Waals surface area (Å²) in [5, 5.41) is 0. The van der Waals surface area contributed by atoms with E-state index in [4.69, 9.17) is 0 Å². The van der Waals surface area contributed by atoms with Crippen molar-refractivity contribution in [3.05, 3.63) is 33.8 Å². The Hall–Kier alpha value is -0.630. The Morgan fingerprint density at radius 3 is 2.71 bits per heavy atom. The monoisotopic (exact) mass is 254 g/mol. The average molecular weight is 255 g/mol. The van der Waals surface area contributed by atoms with E-state index in [1.165, 1.54) is 11.1 Å². The molecule has 2 heteroatoms. The predicted molar refractivity (Wildman–Crippen MR) is 62.4 cm³/mol. The zero-order valence-corrected chi connectivity index (χ0v) is 10.4. The van der Waals surface area contributed by atoms with E-state index in [1.54, 1.807) is 6.92 Å². The maximum absolute atomic E-state index is 11.1. The summed E-state index contributed by atoms with van der Waals surface area (Å²) >= 11 is 3.44. The highest BCUT2D eigenvalue weighted by atomic mass is 79.9. The van der Waals surface area contributed by atoms with Crippen LogP contribution in [0.15, 0.2) is 22.7 Å². The van der Waals surface area contributed by atoms with Crippen molar-refractivity contribution in [1.29, 1.82) is 0 Å². The number of ketones is 1. The lowest BCUT2D eigenvalue weighted by Gasteiger charge is -2.10. The van der Waals surface area contributed by atoms with E-state index in [0.29, 0.717) is 0 Å². The third-order valence-corrected chi connectivity index (χ3v) is 3.02. The normalized spacial score (nSPS) is 12.6. The van der Waals surface area contributed by atoms with Crippen molar-refractivity contribution in [1.82, 2.24) is 0 Å². The smallest absolute Gasteiger partial charge is 0.132 e. The molecule has 1 aromatic rings. The standard InChI is InChI=1S/C12H15BrO/c1-8-4-5-12(13)7-11(8)6-9(2)10(3)14/h4-5,7,9H,6H2,1-3H3. The molecule has 0 aromatic heterocycles. The molecule has 76 valence electrons. The Balaban J connectivity index is 2.85. The van der Waals surface area contributed by atoms with Gasteiger partial charge in [-0.15, -0.1) is 0 Å².